The highest BCUT2D eigenvalue weighted by atomic mass is 79.9. The van der Waals surface area contributed by atoms with Crippen molar-refractivity contribution in [2.24, 2.45) is 17.2 Å². The molecule has 38 heteroatoms. The van der Waals surface area contributed by atoms with Crippen LogP contribution in [0.25, 0.3) is 0 Å². The molecule has 11 aromatic rings. The van der Waals surface area contributed by atoms with Crippen LogP contribution in [0.2, 0.25) is 0 Å². The highest BCUT2D eigenvalue weighted by Gasteiger charge is 2.27. The topological polar surface area (TPSA) is 529 Å². The molecule has 0 fully saturated rings. The normalized spacial score (nSPS) is 11.7. The molecule has 4 aromatic heterocycles. The Labute approximate surface area is 744 Å². The number of rotatable bonds is 33. The summed E-state index contributed by atoms with van der Waals surface area (Å²) >= 11 is 3.03. The first kappa shape index (κ1) is 103. The van der Waals surface area contributed by atoms with Gasteiger partial charge in [0.15, 0.2) is 0 Å². The lowest BCUT2D eigenvalue weighted by Gasteiger charge is -2.22. The Balaban J connectivity index is 0.000000321. The fraction of sp³-hybridized carbons (Fsp3) is 0.314. The van der Waals surface area contributed by atoms with E-state index in [1.165, 1.54) is 72.8 Å². The summed E-state index contributed by atoms with van der Waals surface area (Å²) in [5.74, 6) is 1.10. The minimum Gasteiger partial charge on any atom is -0.447 e. The van der Waals surface area contributed by atoms with Gasteiger partial charge in [0.05, 0.1) is 77.6 Å². The Kier molecular flexibility index (Phi) is 44.3. The third kappa shape index (κ3) is 36.8. The van der Waals surface area contributed by atoms with E-state index in [0.717, 1.165) is 81.8 Å². The number of carbonyl (C=O) groups is 5. The summed E-state index contributed by atoms with van der Waals surface area (Å²) in [5, 5.41) is 62.2. The molecular weight excluding hydrogens is 1800 g/mol. The van der Waals surface area contributed by atoms with Crippen LogP contribution >= 0.6 is 49.9 Å². The predicted octanol–water partition coefficient (Wildman–Crippen LogP) is 16.4. The summed E-state index contributed by atoms with van der Waals surface area (Å²) in [5.41, 5.74) is 26.0. The van der Waals surface area contributed by atoms with Gasteiger partial charge in [-0.15, -0.1) is 34.0 Å². The van der Waals surface area contributed by atoms with Crippen molar-refractivity contribution < 1.29 is 71.0 Å². The second kappa shape index (κ2) is 53.1. The largest absolute Gasteiger partial charge is 0.447 e. The van der Waals surface area contributed by atoms with Crippen molar-refractivity contribution in [3.8, 4) is 0 Å². The number of alkyl halides is 1. The van der Waals surface area contributed by atoms with Crippen LogP contribution in [0.1, 0.15) is 171 Å². The molecule has 4 heterocycles. The summed E-state index contributed by atoms with van der Waals surface area (Å²) in [4.78, 5) is 127. The van der Waals surface area contributed by atoms with Crippen LogP contribution in [0, 0.1) is 50.6 Å². The fourth-order valence-electron chi connectivity index (χ4n) is 11.0. The van der Waals surface area contributed by atoms with E-state index in [0.29, 0.717) is 66.6 Å². The van der Waals surface area contributed by atoms with Gasteiger partial charge in [0, 0.05) is 86.3 Å². The molecule has 4 amide bonds. The number of non-ortho nitro benzene ring substituents is 5. The van der Waals surface area contributed by atoms with Gasteiger partial charge in [-0.2, -0.15) is 0 Å². The van der Waals surface area contributed by atoms with Crippen LogP contribution in [0.15, 0.2) is 225 Å². The number of amides is 4. The number of benzene rings is 7. The van der Waals surface area contributed by atoms with Crippen molar-refractivity contribution >= 4 is 108 Å². The minimum absolute atomic E-state index is 0. The number of primary amides is 1. The third-order valence-electron chi connectivity index (χ3n) is 17.6. The van der Waals surface area contributed by atoms with Crippen molar-refractivity contribution in [1.82, 2.24) is 35.9 Å². The van der Waals surface area contributed by atoms with E-state index in [1.807, 2.05) is 95.3 Å². The standard InChI is InChI=1S/2C21H21N3O4.C14H19N3O5.2C13H15N3O3.C4H7BrO.2BrH/c2*1-2-17-14-28-21(22-17)19(12-16-8-10-18(11-9-16)24(26)27)23-20(25)13-15-6-4-3-5-7-15;1-14(2,3)22-13(19)16-11(12(15)18)8-9-4-6-10(7-5-9)17(20)21;2*1-2-10-8-19-13(15-10)12(14)7-9-3-5-11(6-4-9)16(17)18;1-2-4(6)3-5;;/h2*3-11,14,19H,2,12-13H2,1H3,(H,23,25);4-7,11H,8H2,1-3H3,(H2,15,18)(H,16,19);2*3-6,8,12H,2,7,14H2,1H3;2-3H2,1H3;2*1H/t2*19-;11-;2*12-;;;/m00000.../s1. The Morgan fingerprint density at radius 2 is 0.669 bits per heavy atom. The number of nitrogens with two attached hydrogens (primary N) is 3. The molecule has 9 N–H and O–H groups in total. The van der Waals surface area contributed by atoms with E-state index in [4.69, 9.17) is 39.6 Å². The molecule has 0 unspecified atom stereocenters. The van der Waals surface area contributed by atoms with E-state index < -0.39 is 60.3 Å². The molecule has 0 saturated heterocycles. The number of ketones is 1. The van der Waals surface area contributed by atoms with Crippen LogP contribution in [-0.4, -0.2) is 91.1 Å². The molecule has 124 heavy (non-hydrogen) atoms. The van der Waals surface area contributed by atoms with Gasteiger partial charge in [-0.25, -0.2) is 24.7 Å². The Morgan fingerprint density at radius 1 is 0.403 bits per heavy atom. The lowest BCUT2D eigenvalue weighted by Crippen LogP contribution is -2.47. The number of nitro benzene ring substituents is 5. The molecule has 0 aliphatic carbocycles. The van der Waals surface area contributed by atoms with Gasteiger partial charge in [0.2, 0.25) is 41.3 Å². The molecular formula is C86H100Br3N15O20. The number of ether oxygens (including phenoxy) is 1. The van der Waals surface area contributed by atoms with Gasteiger partial charge in [-0.1, -0.05) is 172 Å². The average Bonchev–Trinajstić information content (AvgIpc) is 1.67. The van der Waals surface area contributed by atoms with Crippen LogP contribution in [0.4, 0.5) is 33.2 Å². The lowest BCUT2D eigenvalue weighted by atomic mass is 10.0. The number of halogens is 3. The number of hydrogen-bond acceptors (Lipinski definition) is 26. The zero-order valence-electron chi connectivity index (χ0n) is 69.3. The van der Waals surface area contributed by atoms with Crippen molar-refractivity contribution in [2.45, 2.75) is 168 Å². The fourth-order valence-corrected chi connectivity index (χ4v) is 11.4. The number of hydrogen-bond donors (Lipinski definition) is 6. The average molecular weight is 1900 g/mol. The van der Waals surface area contributed by atoms with Gasteiger partial charge >= 0.3 is 6.09 Å². The van der Waals surface area contributed by atoms with Crippen molar-refractivity contribution in [1.29, 1.82) is 0 Å². The van der Waals surface area contributed by atoms with Crippen LogP contribution < -0.4 is 33.2 Å². The zero-order valence-corrected chi connectivity index (χ0v) is 74.3. The van der Waals surface area contributed by atoms with Gasteiger partial charge in [-0.3, -0.25) is 69.7 Å². The third-order valence-corrected chi connectivity index (χ3v) is 18.2. The SMILES string of the molecule is Br.Br.CC(C)(C)OC(=O)N[C@@H](Cc1ccc([N+](=O)[O-])cc1)C(N)=O.CCC(=O)CBr.CCc1coc([C@@H](N)Cc2ccc([N+](=O)[O-])cc2)n1.CCc1coc([C@@H](N)Cc2ccc([N+](=O)[O-])cc2)n1.CCc1coc([C@H](Cc2ccc([N+](=O)[O-])cc2)NC(=O)Cc2ccccc2)n1.CCc1coc([C@H](Cc2ccc([N+](=O)[O-])cc2)NC(=O)Cc2ccccc2)n1. The number of nitrogens with zero attached hydrogens (tertiary/aromatic N) is 9. The molecule has 0 spiro atoms. The Hall–Kier alpha value is -12.9. The van der Waals surface area contributed by atoms with Crippen molar-refractivity contribution in [3.63, 3.8) is 0 Å². The number of alkyl carbamates (subject to hydrolysis) is 1. The molecule has 0 radical (unpaired) electrons. The van der Waals surface area contributed by atoms with Crippen LogP contribution in [0.3, 0.4) is 0 Å². The summed E-state index contributed by atoms with van der Waals surface area (Å²) in [7, 11) is 0. The number of aryl methyl sites for hydroxylation is 4. The Morgan fingerprint density at radius 3 is 0.903 bits per heavy atom. The van der Waals surface area contributed by atoms with Gasteiger partial charge < -0.3 is 55.6 Å². The maximum atomic E-state index is 12.5. The smallest absolute Gasteiger partial charge is 0.408 e. The number of nitrogens with one attached hydrogen (secondary N) is 3. The van der Waals surface area contributed by atoms with Gasteiger partial charge in [-0.05, 0) is 98.2 Å². The molecule has 7 aromatic carbocycles. The summed E-state index contributed by atoms with van der Waals surface area (Å²) in [6.45, 7) is 14.9. The van der Waals surface area contributed by atoms with E-state index in [9.17, 15) is 74.5 Å². The van der Waals surface area contributed by atoms with Crippen LogP contribution in [-0.2, 0) is 94.5 Å². The van der Waals surface area contributed by atoms with Crippen molar-refractivity contribution in [2.75, 3.05) is 5.33 Å². The number of nitro groups is 5. The molecule has 0 aliphatic rings. The quantitative estimate of drug-likeness (QED) is 0.0126. The van der Waals surface area contributed by atoms with E-state index in [2.05, 4.69) is 51.8 Å². The second-order valence-corrected chi connectivity index (χ2v) is 28.7. The molecule has 11 rings (SSSR count). The van der Waals surface area contributed by atoms with Gasteiger partial charge in [0.25, 0.3) is 28.4 Å². The molecule has 0 bridgehead atoms. The molecule has 0 aliphatic heterocycles. The highest BCUT2D eigenvalue weighted by molar-refractivity contribution is 9.09. The minimum atomic E-state index is -0.962. The lowest BCUT2D eigenvalue weighted by molar-refractivity contribution is -0.385. The first-order valence-electron chi connectivity index (χ1n) is 38.7. The summed E-state index contributed by atoms with van der Waals surface area (Å²) < 4.78 is 26.8. The maximum Gasteiger partial charge on any atom is 0.408 e. The first-order valence-corrected chi connectivity index (χ1v) is 39.8. The molecule has 0 saturated carbocycles. The van der Waals surface area contributed by atoms with Crippen molar-refractivity contribution in [3.05, 3.63) is 343 Å². The van der Waals surface area contributed by atoms with E-state index in [1.54, 1.807) is 94.4 Å². The second-order valence-electron chi connectivity index (χ2n) is 28.2. The molecule has 660 valence electrons. The number of Topliss-reactive ketones (excluding diaryl/α,β-unsaturated/α-hetero) is 1. The van der Waals surface area contributed by atoms with Gasteiger partial charge in [0.1, 0.15) is 54.6 Å². The monoisotopic (exact) mass is 1900 g/mol. The molecule has 5 atom stereocenters. The first-order chi connectivity index (χ1) is 58.2. The number of carbonyl (C=O) groups excluding carboxylic acids is 5. The molecule has 35 nitrogen and oxygen atoms in total. The van der Waals surface area contributed by atoms with E-state index >= 15 is 0 Å². The Bertz CT molecular complexity index is 4900. The maximum absolute atomic E-state index is 12.5. The predicted molar refractivity (Wildman–Crippen MR) is 476 cm³/mol. The summed E-state index contributed by atoms with van der Waals surface area (Å²) in [6, 6.07) is 47.2. The number of aromatic nitrogens is 4. The highest BCUT2D eigenvalue weighted by Crippen LogP contribution is 2.26. The number of oxazole rings is 4. The zero-order chi connectivity index (χ0) is 89.4. The van der Waals surface area contributed by atoms with Crippen LogP contribution in [0.5, 0.6) is 0 Å². The summed E-state index contributed by atoms with van der Waals surface area (Å²) in [6.07, 6.45) is 11.8. The van der Waals surface area contributed by atoms with E-state index in [-0.39, 0.29) is 111 Å².